The molecule has 13 heteroatoms. The van der Waals surface area contributed by atoms with Crippen LogP contribution in [0.1, 0.15) is 31.7 Å². The molecule has 10 nitrogen and oxygen atoms in total. The highest BCUT2D eigenvalue weighted by atomic mass is 19.4. The van der Waals surface area contributed by atoms with Gasteiger partial charge in [-0.25, -0.2) is 13.9 Å². The summed E-state index contributed by atoms with van der Waals surface area (Å²) in [5.41, 5.74) is 1.14. The van der Waals surface area contributed by atoms with Crippen LogP contribution < -0.4 is 10.4 Å². The molecule has 178 valence electrons. The molecule has 5 rings (SSSR count). The molecule has 0 N–H and O–H groups in total. The van der Waals surface area contributed by atoms with E-state index in [0.29, 0.717) is 16.8 Å². The van der Waals surface area contributed by atoms with Gasteiger partial charge in [-0.1, -0.05) is 17.3 Å². The highest BCUT2D eigenvalue weighted by Gasteiger charge is 2.37. The second kappa shape index (κ2) is 7.95. The summed E-state index contributed by atoms with van der Waals surface area (Å²) in [4.78, 5) is 17.1. The van der Waals surface area contributed by atoms with Crippen molar-refractivity contribution in [3.8, 4) is 16.9 Å². The van der Waals surface area contributed by atoms with Crippen molar-refractivity contribution in [1.29, 1.82) is 0 Å². The average Bonchev–Trinajstić information content (AvgIpc) is 3.46. The van der Waals surface area contributed by atoms with E-state index < -0.39 is 23.9 Å². The van der Waals surface area contributed by atoms with Gasteiger partial charge >= 0.3 is 12.1 Å². The predicted octanol–water partition coefficient (Wildman–Crippen LogP) is 3.32. The quantitative estimate of drug-likeness (QED) is 0.431. The molecular formula is C21H18F3N5O5. The maximum Gasteiger partial charge on any atom is 0.573 e. The SMILES string of the molecule is CC1(C)OC[C@H](c2nc(Cn3nc4ccc(-c5ccc(OC(F)(F)F)cc5)cn4c3=O)no2)O1. The van der Waals surface area contributed by atoms with Crippen molar-refractivity contribution >= 4 is 5.65 Å². The van der Waals surface area contributed by atoms with E-state index in [4.69, 9.17) is 14.0 Å². The number of halogens is 3. The predicted molar refractivity (Wildman–Crippen MR) is 109 cm³/mol. The number of fused-ring (bicyclic) bond motifs is 1. The van der Waals surface area contributed by atoms with Crippen molar-refractivity contribution in [1.82, 2.24) is 24.3 Å². The molecule has 1 saturated heterocycles. The Morgan fingerprint density at radius 1 is 1.15 bits per heavy atom. The molecule has 1 atom stereocenters. The fourth-order valence-corrected chi connectivity index (χ4v) is 3.55. The average molecular weight is 477 g/mol. The number of hydrogen-bond donors (Lipinski definition) is 0. The van der Waals surface area contributed by atoms with E-state index in [1.807, 2.05) is 0 Å². The molecule has 1 aliphatic rings. The maximum absolute atomic E-state index is 12.9. The van der Waals surface area contributed by atoms with E-state index >= 15 is 0 Å². The number of pyridine rings is 1. The summed E-state index contributed by atoms with van der Waals surface area (Å²) in [6, 6.07) is 8.67. The molecule has 1 aliphatic heterocycles. The number of aromatic nitrogens is 5. The van der Waals surface area contributed by atoms with Crippen molar-refractivity contribution in [2.24, 2.45) is 0 Å². The Morgan fingerprint density at radius 2 is 1.88 bits per heavy atom. The number of hydrogen-bond acceptors (Lipinski definition) is 8. The van der Waals surface area contributed by atoms with Gasteiger partial charge in [0, 0.05) is 6.20 Å². The van der Waals surface area contributed by atoms with Gasteiger partial charge in [-0.05, 0) is 49.2 Å². The normalized spacial score (nSPS) is 18.0. The molecule has 4 heterocycles. The van der Waals surface area contributed by atoms with E-state index in [1.165, 1.54) is 33.3 Å². The summed E-state index contributed by atoms with van der Waals surface area (Å²) in [5.74, 6) is -0.590. The van der Waals surface area contributed by atoms with Gasteiger partial charge in [0.05, 0.1) is 6.61 Å². The van der Waals surface area contributed by atoms with Crippen LogP contribution in [0.5, 0.6) is 5.75 Å². The molecule has 0 spiro atoms. The molecule has 1 aromatic carbocycles. The van der Waals surface area contributed by atoms with Crippen molar-refractivity contribution in [3.63, 3.8) is 0 Å². The van der Waals surface area contributed by atoms with Crippen LogP contribution in [0.2, 0.25) is 0 Å². The van der Waals surface area contributed by atoms with E-state index in [1.54, 1.807) is 32.2 Å². The summed E-state index contributed by atoms with van der Waals surface area (Å²) in [7, 11) is 0. The Hall–Kier alpha value is -3.71. The van der Waals surface area contributed by atoms with Gasteiger partial charge in [0.2, 0.25) is 0 Å². The highest BCUT2D eigenvalue weighted by molar-refractivity contribution is 5.65. The zero-order valence-electron chi connectivity index (χ0n) is 17.9. The van der Waals surface area contributed by atoms with Gasteiger partial charge in [-0.15, -0.1) is 18.3 Å². The summed E-state index contributed by atoms with van der Waals surface area (Å²) >= 11 is 0. The minimum atomic E-state index is -4.77. The van der Waals surface area contributed by atoms with Crippen LogP contribution in [-0.4, -0.2) is 43.1 Å². The molecule has 4 aromatic rings. The third kappa shape index (κ3) is 4.52. The second-order valence-electron chi connectivity index (χ2n) is 8.02. The minimum absolute atomic E-state index is 0.0280. The zero-order valence-corrected chi connectivity index (χ0v) is 17.9. The first-order chi connectivity index (χ1) is 16.1. The monoisotopic (exact) mass is 477 g/mol. The molecule has 0 aliphatic carbocycles. The largest absolute Gasteiger partial charge is 0.573 e. The Bertz CT molecular complexity index is 1390. The summed E-state index contributed by atoms with van der Waals surface area (Å²) in [5, 5.41) is 8.16. The standard InChI is InChI=1S/C21H18F3N5O5/c1-20(2)31-11-15(33-20)18-25-16(27-34-18)10-29-19(30)28-9-13(5-8-17(28)26-29)12-3-6-14(7-4-12)32-21(22,23)24/h3-9,15H,10-11H2,1-2H3/t15-/m1/s1. The molecule has 0 bridgehead atoms. The molecule has 0 amide bonds. The van der Waals surface area contributed by atoms with Gasteiger partial charge in [-0.2, -0.15) is 4.98 Å². The van der Waals surface area contributed by atoms with Gasteiger partial charge in [0.25, 0.3) is 5.89 Å². The van der Waals surface area contributed by atoms with Gasteiger partial charge in [-0.3, -0.25) is 0 Å². The lowest BCUT2D eigenvalue weighted by atomic mass is 10.1. The first-order valence-corrected chi connectivity index (χ1v) is 10.2. The van der Waals surface area contributed by atoms with E-state index in [-0.39, 0.29) is 30.6 Å². The van der Waals surface area contributed by atoms with Gasteiger partial charge in [0.1, 0.15) is 12.3 Å². The molecular weight excluding hydrogens is 459 g/mol. The number of rotatable bonds is 5. The lowest BCUT2D eigenvalue weighted by Gasteiger charge is -2.15. The fraction of sp³-hybridized carbons (Fsp3) is 0.333. The van der Waals surface area contributed by atoms with Crippen molar-refractivity contribution in [3.05, 3.63) is 64.8 Å². The molecule has 0 saturated carbocycles. The van der Waals surface area contributed by atoms with Crippen LogP contribution in [0.4, 0.5) is 13.2 Å². The number of nitrogens with zero attached hydrogens (tertiary/aromatic N) is 5. The van der Waals surface area contributed by atoms with E-state index in [0.717, 1.165) is 0 Å². The number of alkyl halides is 3. The molecule has 1 fully saturated rings. The molecule has 3 aromatic heterocycles. The van der Waals surface area contributed by atoms with E-state index in [2.05, 4.69) is 20.0 Å². The van der Waals surface area contributed by atoms with Crippen LogP contribution in [0, 0.1) is 0 Å². The van der Waals surface area contributed by atoms with Crippen molar-refractivity contribution < 1.29 is 31.9 Å². The summed E-state index contributed by atoms with van der Waals surface area (Å²) in [6.45, 7) is 3.80. The maximum atomic E-state index is 12.9. The van der Waals surface area contributed by atoms with Gasteiger partial charge in [0.15, 0.2) is 23.4 Å². The zero-order chi connectivity index (χ0) is 24.1. The summed E-state index contributed by atoms with van der Waals surface area (Å²) < 4.78 is 59.9. The first kappa shape index (κ1) is 22.1. The Kier molecular flexibility index (Phi) is 5.17. The number of benzene rings is 1. The lowest BCUT2D eigenvalue weighted by molar-refractivity contribution is -0.274. The van der Waals surface area contributed by atoms with Crippen LogP contribution in [0.25, 0.3) is 16.8 Å². The Balaban J connectivity index is 1.36. The molecule has 34 heavy (non-hydrogen) atoms. The second-order valence-corrected chi connectivity index (χ2v) is 8.02. The number of ether oxygens (including phenoxy) is 3. The van der Waals surface area contributed by atoms with Gasteiger partial charge < -0.3 is 18.7 Å². The lowest BCUT2D eigenvalue weighted by Crippen LogP contribution is -2.22. The fourth-order valence-electron chi connectivity index (χ4n) is 3.55. The van der Waals surface area contributed by atoms with Crippen LogP contribution >= 0.6 is 0 Å². The Labute approximate surface area is 189 Å². The molecule has 0 unspecified atom stereocenters. The van der Waals surface area contributed by atoms with E-state index in [9.17, 15) is 18.0 Å². The minimum Gasteiger partial charge on any atom is -0.406 e. The van der Waals surface area contributed by atoms with Crippen LogP contribution in [0.3, 0.4) is 0 Å². The Morgan fingerprint density at radius 3 is 2.56 bits per heavy atom. The van der Waals surface area contributed by atoms with Crippen LogP contribution in [0.15, 0.2) is 51.9 Å². The molecule has 0 radical (unpaired) electrons. The third-order valence-electron chi connectivity index (χ3n) is 5.06. The third-order valence-corrected chi connectivity index (χ3v) is 5.06. The van der Waals surface area contributed by atoms with Crippen LogP contribution in [-0.2, 0) is 16.0 Å². The highest BCUT2D eigenvalue weighted by Crippen LogP contribution is 2.32. The topological polar surface area (TPSA) is 106 Å². The smallest absolute Gasteiger partial charge is 0.406 e. The van der Waals surface area contributed by atoms with Crippen molar-refractivity contribution in [2.45, 2.75) is 38.6 Å². The first-order valence-electron chi connectivity index (χ1n) is 10.2. The van der Waals surface area contributed by atoms with Crippen molar-refractivity contribution in [2.75, 3.05) is 6.61 Å². The summed E-state index contributed by atoms with van der Waals surface area (Å²) in [6.07, 6.45) is -3.71.